The lowest BCUT2D eigenvalue weighted by Gasteiger charge is -2.15. The molecule has 0 fully saturated rings. The number of aromatic nitrogens is 2. The Balaban J connectivity index is 1.85. The fourth-order valence-corrected chi connectivity index (χ4v) is 4.52. The summed E-state index contributed by atoms with van der Waals surface area (Å²) >= 11 is 1.65. The van der Waals surface area contributed by atoms with Gasteiger partial charge in [0.05, 0.1) is 22.4 Å². The van der Waals surface area contributed by atoms with Gasteiger partial charge in [-0.3, -0.25) is 4.79 Å². The molecular weight excluding hydrogens is 342 g/mol. The standard InChI is InChI=1S/C21H21N3OS/c1-3-15-9-11-17(12-10-15)24-21-19(14(2)23-24)20(26-13-18(25)22-21)16-7-5-4-6-8-16/h4-12,20H,3,13H2,1-2H3,(H,22,25)/t20-/m1/s1. The number of anilines is 1. The molecule has 4 nitrogen and oxygen atoms in total. The lowest BCUT2D eigenvalue weighted by molar-refractivity contribution is -0.113. The SMILES string of the molecule is CCc1ccc(-n2nc(C)c3c2NC(=O)CS[C@@H]3c2ccccc2)cc1. The van der Waals surface area contributed by atoms with Crippen LogP contribution < -0.4 is 5.32 Å². The van der Waals surface area contributed by atoms with Gasteiger partial charge in [0, 0.05) is 5.56 Å². The number of carbonyl (C=O) groups is 1. The molecule has 26 heavy (non-hydrogen) atoms. The van der Waals surface area contributed by atoms with Gasteiger partial charge in [0.25, 0.3) is 0 Å². The zero-order valence-corrected chi connectivity index (χ0v) is 15.7. The molecule has 1 aliphatic rings. The van der Waals surface area contributed by atoms with Crippen LogP contribution >= 0.6 is 11.8 Å². The molecule has 1 aromatic heterocycles. The summed E-state index contributed by atoms with van der Waals surface area (Å²) in [6, 6.07) is 18.7. The summed E-state index contributed by atoms with van der Waals surface area (Å²) in [6.07, 6.45) is 1.000. The largest absolute Gasteiger partial charge is 0.310 e. The number of thioether (sulfide) groups is 1. The number of rotatable bonds is 3. The second kappa shape index (κ2) is 7.00. The van der Waals surface area contributed by atoms with Gasteiger partial charge in [-0.15, -0.1) is 11.8 Å². The van der Waals surface area contributed by atoms with E-state index in [4.69, 9.17) is 5.10 Å². The molecule has 5 heteroatoms. The minimum atomic E-state index is 0.0148. The summed E-state index contributed by atoms with van der Waals surface area (Å²) in [5, 5.41) is 7.93. The molecule has 2 aromatic carbocycles. The number of nitrogens with zero attached hydrogens (tertiary/aromatic N) is 2. The Morgan fingerprint density at radius 2 is 1.88 bits per heavy atom. The van der Waals surface area contributed by atoms with Gasteiger partial charge in [-0.05, 0) is 36.6 Å². The first-order valence-electron chi connectivity index (χ1n) is 8.82. The molecule has 0 bridgehead atoms. The third-order valence-electron chi connectivity index (χ3n) is 4.70. The Morgan fingerprint density at radius 1 is 1.15 bits per heavy atom. The Morgan fingerprint density at radius 3 is 2.58 bits per heavy atom. The maximum Gasteiger partial charge on any atom is 0.235 e. The van der Waals surface area contributed by atoms with Crippen LogP contribution in [0, 0.1) is 6.92 Å². The summed E-state index contributed by atoms with van der Waals surface area (Å²) in [5.74, 6) is 1.24. The van der Waals surface area contributed by atoms with Gasteiger partial charge in [0.2, 0.25) is 5.91 Å². The highest BCUT2D eigenvalue weighted by atomic mass is 32.2. The van der Waals surface area contributed by atoms with E-state index in [9.17, 15) is 4.79 Å². The van der Waals surface area contributed by atoms with Gasteiger partial charge in [0.15, 0.2) is 0 Å². The summed E-state index contributed by atoms with van der Waals surface area (Å²) < 4.78 is 1.86. The normalized spacial score (nSPS) is 16.7. The molecule has 2 heterocycles. The molecule has 1 aliphatic heterocycles. The molecule has 0 radical (unpaired) electrons. The molecule has 1 atom stereocenters. The van der Waals surface area contributed by atoms with Crippen molar-refractivity contribution in [1.82, 2.24) is 9.78 Å². The van der Waals surface area contributed by atoms with Crippen molar-refractivity contribution in [3.05, 3.63) is 77.0 Å². The van der Waals surface area contributed by atoms with E-state index in [1.54, 1.807) is 11.8 Å². The van der Waals surface area contributed by atoms with E-state index in [1.165, 1.54) is 11.1 Å². The van der Waals surface area contributed by atoms with E-state index in [0.29, 0.717) is 5.75 Å². The minimum absolute atomic E-state index is 0.0148. The van der Waals surface area contributed by atoms with Gasteiger partial charge in [0.1, 0.15) is 5.82 Å². The Hall–Kier alpha value is -2.53. The lowest BCUT2D eigenvalue weighted by Crippen LogP contribution is -2.15. The van der Waals surface area contributed by atoms with Crippen LogP contribution in [0.2, 0.25) is 0 Å². The van der Waals surface area contributed by atoms with Gasteiger partial charge in [-0.25, -0.2) is 4.68 Å². The molecule has 132 valence electrons. The van der Waals surface area contributed by atoms with Crippen molar-refractivity contribution in [2.75, 3.05) is 11.1 Å². The second-order valence-electron chi connectivity index (χ2n) is 6.43. The lowest BCUT2D eigenvalue weighted by atomic mass is 10.0. The number of benzene rings is 2. The first-order valence-corrected chi connectivity index (χ1v) is 9.87. The zero-order chi connectivity index (χ0) is 18.1. The number of hydrogen-bond acceptors (Lipinski definition) is 3. The van der Waals surface area contributed by atoms with E-state index in [1.807, 2.05) is 29.8 Å². The number of carbonyl (C=O) groups excluding carboxylic acids is 1. The average Bonchev–Trinajstić information content (AvgIpc) is 2.88. The molecule has 4 rings (SSSR count). The van der Waals surface area contributed by atoms with Crippen molar-refractivity contribution < 1.29 is 4.79 Å². The third kappa shape index (κ3) is 3.03. The van der Waals surface area contributed by atoms with Gasteiger partial charge >= 0.3 is 0 Å². The summed E-state index contributed by atoms with van der Waals surface area (Å²) in [6.45, 7) is 4.16. The third-order valence-corrected chi connectivity index (χ3v) is 5.97. The molecule has 0 aliphatic carbocycles. The average molecular weight is 363 g/mol. The summed E-state index contributed by atoms with van der Waals surface area (Å²) in [4.78, 5) is 12.3. The predicted octanol–water partition coefficient (Wildman–Crippen LogP) is 4.52. The molecule has 3 aromatic rings. The summed E-state index contributed by atoms with van der Waals surface area (Å²) in [7, 11) is 0. The van der Waals surface area contributed by atoms with Gasteiger partial charge < -0.3 is 5.32 Å². The molecule has 0 spiro atoms. The fourth-order valence-electron chi connectivity index (χ4n) is 3.33. The van der Waals surface area contributed by atoms with E-state index < -0.39 is 0 Å². The van der Waals surface area contributed by atoms with Crippen LogP contribution in [0.1, 0.15) is 34.6 Å². The van der Waals surface area contributed by atoms with Crippen molar-refractivity contribution >= 4 is 23.5 Å². The van der Waals surface area contributed by atoms with Gasteiger partial charge in [-0.2, -0.15) is 5.10 Å². The van der Waals surface area contributed by atoms with Crippen LogP contribution in [0.4, 0.5) is 5.82 Å². The number of amides is 1. The molecule has 0 unspecified atom stereocenters. The van der Waals surface area contributed by atoms with Crippen LogP contribution in [0.3, 0.4) is 0 Å². The molecular formula is C21H21N3OS. The van der Waals surface area contributed by atoms with Crippen LogP contribution in [-0.2, 0) is 11.2 Å². The van der Waals surface area contributed by atoms with Crippen molar-refractivity contribution in [2.24, 2.45) is 0 Å². The van der Waals surface area contributed by atoms with Crippen molar-refractivity contribution in [1.29, 1.82) is 0 Å². The Bertz CT molecular complexity index is 932. The zero-order valence-electron chi connectivity index (χ0n) is 14.9. The van der Waals surface area contributed by atoms with E-state index in [0.717, 1.165) is 29.2 Å². The highest BCUT2D eigenvalue weighted by Gasteiger charge is 2.30. The van der Waals surface area contributed by atoms with Crippen LogP contribution in [0.5, 0.6) is 0 Å². The van der Waals surface area contributed by atoms with E-state index >= 15 is 0 Å². The topological polar surface area (TPSA) is 46.9 Å². The minimum Gasteiger partial charge on any atom is -0.310 e. The number of aryl methyl sites for hydroxylation is 2. The molecule has 0 saturated heterocycles. The number of nitrogens with one attached hydrogen (secondary N) is 1. The van der Waals surface area contributed by atoms with Crippen LogP contribution in [0.25, 0.3) is 5.69 Å². The van der Waals surface area contributed by atoms with E-state index in [-0.39, 0.29) is 11.2 Å². The first kappa shape index (κ1) is 16.9. The smallest absolute Gasteiger partial charge is 0.235 e. The van der Waals surface area contributed by atoms with Gasteiger partial charge in [-0.1, -0.05) is 49.4 Å². The predicted molar refractivity (Wildman–Crippen MR) is 107 cm³/mol. The monoisotopic (exact) mass is 363 g/mol. The number of hydrogen-bond donors (Lipinski definition) is 1. The van der Waals surface area contributed by atoms with E-state index in [2.05, 4.69) is 48.6 Å². The maximum atomic E-state index is 12.3. The fraction of sp³-hybridized carbons (Fsp3) is 0.238. The van der Waals surface area contributed by atoms with Crippen LogP contribution in [-0.4, -0.2) is 21.4 Å². The second-order valence-corrected chi connectivity index (χ2v) is 7.52. The Kier molecular flexibility index (Phi) is 4.55. The number of fused-ring (bicyclic) bond motifs is 1. The van der Waals surface area contributed by atoms with Crippen molar-refractivity contribution in [3.8, 4) is 5.69 Å². The Labute approximate surface area is 157 Å². The van der Waals surface area contributed by atoms with Crippen molar-refractivity contribution in [2.45, 2.75) is 25.5 Å². The highest BCUT2D eigenvalue weighted by Crippen LogP contribution is 2.43. The van der Waals surface area contributed by atoms with Crippen molar-refractivity contribution in [3.63, 3.8) is 0 Å². The maximum absolute atomic E-state index is 12.3. The quantitative estimate of drug-likeness (QED) is 0.744. The molecule has 0 saturated carbocycles. The first-order chi connectivity index (χ1) is 12.7. The molecule has 1 N–H and O–H groups in total. The highest BCUT2D eigenvalue weighted by molar-refractivity contribution is 8.00. The van der Waals surface area contributed by atoms with Crippen LogP contribution in [0.15, 0.2) is 54.6 Å². The molecule has 1 amide bonds. The summed E-state index contributed by atoms with van der Waals surface area (Å²) in [5.41, 5.74) is 5.48.